The number of nitrogens with zero attached hydrogens (tertiary/aromatic N) is 1. The number of carbonyl (C=O) groups excluding carboxylic acids is 1. The van der Waals surface area contributed by atoms with Crippen molar-refractivity contribution < 1.29 is 14.1 Å². The van der Waals surface area contributed by atoms with Crippen LogP contribution in [0.4, 0.5) is 15.8 Å². The summed E-state index contributed by atoms with van der Waals surface area (Å²) < 4.78 is 13.4. The van der Waals surface area contributed by atoms with E-state index < -0.39 is 22.3 Å². The van der Waals surface area contributed by atoms with Gasteiger partial charge in [0.25, 0.3) is 11.6 Å². The van der Waals surface area contributed by atoms with Crippen molar-refractivity contribution >= 4 is 17.3 Å². The van der Waals surface area contributed by atoms with Crippen LogP contribution in [0.25, 0.3) is 0 Å². The molecular weight excluding hydrogens is 255 g/mol. The highest BCUT2D eigenvalue weighted by Crippen LogP contribution is 2.26. The maximum Gasteiger partial charge on any atom is 0.285 e. The van der Waals surface area contributed by atoms with Gasteiger partial charge in [0.1, 0.15) is 5.56 Å². The lowest BCUT2D eigenvalue weighted by Gasteiger charge is -2.26. The highest BCUT2D eigenvalue weighted by atomic mass is 19.1. The molecular formula is C11H13FN4O3. The van der Waals surface area contributed by atoms with E-state index in [0.29, 0.717) is 6.07 Å². The fourth-order valence-corrected chi connectivity index (χ4v) is 1.82. The summed E-state index contributed by atoms with van der Waals surface area (Å²) in [5.41, 5.74) is 1.12. The van der Waals surface area contributed by atoms with Gasteiger partial charge in [-0.1, -0.05) is 0 Å². The van der Waals surface area contributed by atoms with E-state index in [-0.39, 0.29) is 17.3 Å². The molecule has 7 nitrogen and oxygen atoms in total. The Morgan fingerprint density at radius 3 is 2.63 bits per heavy atom. The molecule has 1 fully saturated rings. The number of nitro benzene ring substituents is 1. The predicted molar refractivity (Wildman–Crippen MR) is 66.0 cm³/mol. The molecule has 1 saturated carbocycles. The van der Waals surface area contributed by atoms with Crippen molar-refractivity contribution in [1.29, 1.82) is 0 Å². The second-order valence-corrected chi connectivity index (χ2v) is 4.35. The lowest BCUT2D eigenvalue weighted by Crippen LogP contribution is -2.39. The van der Waals surface area contributed by atoms with E-state index >= 15 is 0 Å². The second kappa shape index (κ2) is 5.19. The molecule has 4 N–H and O–H groups in total. The monoisotopic (exact) mass is 268 g/mol. The predicted octanol–water partition coefficient (Wildman–Crippen LogP) is 1.30. The number of amides is 1. The summed E-state index contributed by atoms with van der Waals surface area (Å²) in [4.78, 5) is 22.0. The SMILES string of the molecule is NNc1cc(C(=O)NC2CCC2)c([N+](=O)[O-])cc1F. The van der Waals surface area contributed by atoms with Crippen LogP contribution in [0.2, 0.25) is 0 Å². The number of anilines is 1. The van der Waals surface area contributed by atoms with Gasteiger partial charge >= 0.3 is 0 Å². The minimum Gasteiger partial charge on any atom is -0.349 e. The molecule has 0 unspecified atom stereocenters. The Labute approximate surface area is 108 Å². The Bertz CT molecular complexity index is 531. The normalized spacial score (nSPS) is 14.6. The van der Waals surface area contributed by atoms with Crippen molar-refractivity contribution in [2.75, 3.05) is 5.43 Å². The minimum absolute atomic E-state index is 0.0337. The highest BCUT2D eigenvalue weighted by Gasteiger charge is 2.27. The van der Waals surface area contributed by atoms with Gasteiger partial charge in [0.2, 0.25) is 0 Å². The number of nitrogen functional groups attached to an aromatic ring is 1. The number of nitrogens with one attached hydrogen (secondary N) is 2. The highest BCUT2D eigenvalue weighted by molar-refractivity contribution is 5.99. The maximum absolute atomic E-state index is 13.4. The van der Waals surface area contributed by atoms with Crippen LogP contribution in [-0.2, 0) is 0 Å². The largest absolute Gasteiger partial charge is 0.349 e. The third-order valence-corrected chi connectivity index (χ3v) is 3.12. The van der Waals surface area contributed by atoms with Crippen LogP contribution >= 0.6 is 0 Å². The van der Waals surface area contributed by atoms with Crippen molar-refractivity contribution in [2.45, 2.75) is 25.3 Å². The number of hydrogen-bond donors (Lipinski definition) is 3. The number of halogens is 1. The van der Waals surface area contributed by atoms with Gasteiger partial charge in [-0.15, -0.1) is 0 Å². The third kappa shape index (κ3) is 2.63. The van der Waals surface area contributed by atoms with Gasteiger partial charge in [-0.05, 0) is 25.3 Å². The molecule has 0 radical (unpaired) electrons. The number of nitrogens with two attached hydrogens (primary N) is 1. The summed E-state index contributed by atoms with van der Waals surface area (Å²) in [5, 5.41) is 13.5. The van der Waals surface area contributed by atoms with E-state index in [1.54, 1.807) is 0 Å². The van der Waals surface area contributed by atoms with Gasteiger partial charge in [0.05, 0.1) is 16.7 Å². The van der Waals surface area contributed by atoms with Gasteiger partial charge in [0.15, 0.2) is 5.82 Å². The van der Waals surface area contributed by atoms with Crippen LogP contribution < -0.4 is 16.6 Å². The van der Waals surface area contributed by atoms with Crippen LogP contribution in [0, 0.1) is 15.9 Å². The molecule has 19 heavy (non-hydrogen) atoms. The van der Waals surface area contributed by atoms with Crippen molar-refractivity contribution in [3.05, 3.63) is 33.6 Å². The lowest BCUT2D eigenvalue weighted by atomic mass is 9.93. The first-order chi connectivity index (χ1) is 9.02. The average molecular weight is 268 g/mol. The standard InChI is InChI=1S/C11H13FN4O3/c12-8-5-10(16(18)19)7(4-9(8)15-13)11(17)14-6-2-1-3-6/h4-6,15H,1-3,13H2,(H,14,17). The van der Waals surface area contributed by atoms with Gasteiger partial charge in [0, 0.05) is 6.04 Å². The molecule has 0 bridgehead atoms. The van der Waals surface area contributed by atoms with Crippen molar-refractivity contribution in [3.63, 3.8) is 0 Å². The fourth-order valence-electron chi connectivity index (χ4n) is 1.82. The zero-order chi connectivity index (χ0) is 14.0. The summed E-state index contributed by atoms with van der Waals surface area (Å²) >= 11 is 0. The number of carbonyl (C=O) groups is 1. The van der Waals surface area contributed by atoms with Gasteiger partial charge in [-0.3, -0.25) is 20.8 Å². The molecule has 1 aliphatic carbocycles. The Morgan fingerprint density at radius 1 is 1.47 bits per heavy atom. The molecule has 1 amide bonds. The zero-order valence-electron chi connectivity index (χ0n) is 9.98. The Kier molecular flexibility index (Phi) is 3.61. The molecule has 0 saturated heterocycles. The Hall–Kier alpha value is -2.22. The summed E-state index contributed by atoms with van der Waals surface area (Å²) in [6.07, 6.45) is 2.72. The van der Waals surface area contributed by atoms with Crippen LogP contribution in [0.15, 0.2) is 12.1 Å². The molecule has 0 aliphatic heterocycles. The first-order valence-electron chi connectivity index (χ1n) is 5.78. The summed E-state index contributed by atoms with van der Waals surface area (Å²) in [6, 6.07) is 1.76. The zero-order valence-corrected chi connectivity index (χ0v) is 9.98. The number of benzene rings is 1. The van der Waals surface area contributed by atoms with E-state index in [1.165, 1.54) is 0 Å². The van der Waals surface area contributed by atoms with E-state index in [1.807, 2.05) is 0 Å². The fraction of sp³-hybridized carbons (Fsp3) is 0.364. The molecule has 1 aliphatic rings. The molecule has 2 rings (SSSR count). The molecule has 102 valence electrons. The van der Waals surface area contributed by atoms with Crippen LogP contribution in [-0.4, -0.2) is 16.9 Å². The van der Waals surface area contributed by atoms with Crippen molar-refractivity contribution in [1.82, 2.24) is 5.32 Å². The first-order valence-corrected chi connectivity index (χ1v) is 5.78. The van der Waals surface area contributed by atoms with Crippen molar-refractivity contribution in [2.24, 2.45) is 5.84 Å². The van der Waals surface area contributed by atoms with Crippen LogP contribution in [0.1, 0.15) is 29.6 Å². The van der Waals surface area contributed by atoms with E-state index in [9.17, 15) is 19.3 Å². The quantitative estimate of drug-likeness (QED) is 0.433. The summed E-state index contributed by atoms with van der Waals surface area (Å²) in [5.74, 6) is 3.62. The smallest absolute Gasteiger partial charge is 0.285 e. The number of nitro groups is 1. The molecule has 0 heterocycles. The van der Waals surface area contributed by atoms with E-state index in [2.05, 4.69) is 10.7 Å². The van der Waals surface area contributed by atoms with Gasteiger partial charge < -0.3 is 10.7 Å². The Morgan fingerprint density at radius 2 is 2.16 bits per heavy atom. The topological polar surface area (TPSA) is 110 Å². The van der Waals surface area contributed by atoms with E-state index in [0.717, 1.165) is 25.3 Å². The van der Waals surface area contributed by atoms with Gasteiger partial charge in [-0.2, -0.15) is 0 Å². The van der Waals surface area contributed by atoms with Crippen molar-refractivity contribution in [3.8, 4) is 0 Å². The number of hydrogen-bond acceptors (Lipinski definition) is 5. The molecule has 1 aromatic carbocycles. The molecule has 1 aromatic rings. The number of hydrazine groups is 1. The first kappa shape index (κ1) is 13.2. The summed E-state index contributed by atoms with van der Waals surface area (Å²) in [7, 11) is 0. The average Bonchev–Trinajstić information content (AvgIpc) is 2.33. The molecule has 0 aromatic heterocycles. The third-order valence-electron chi connectivity index (χ3n) is 3.12. The van der Waals surface area contributed by atoms with Crippen LogP contribution in [0.3, 0.4) is 0 Å². The van der Waals surface area contributed by atoms with Crippen LogP contribution in [0.5, 0.6) is 0 Å². The van der Waals surface area contributed by atoms with Gasteiger partial charge in [-0.25, -0.2) is 4.39 Å². The lowest BCUT2D eigenvalue weighted by molar-refractivity contribution is -0.385. The minimum atomic E-state index is -0.880. The molecule has 0 spiro atoms. The Balaban J connectivity index is 2.34. The second-order valence-electron chi connectivity index (χ2n) is 4.35. The maximum atomic E-state index is 13.4. The molecule has 8 heteroatoms. The number of rotatable bonds is 4. The molecule has 0 atom stereocenters. The van der Waals surface area contributed by atoms with E-state index in [4.69, 9.17) is 5.84 Å². The summed E-state index contributed by atoms with van der Waals surface area (Å²) in [6.45, 7) is 0.